The highest BCUT2D eigenvalue weighted by atomic mass is 35.5. The maximum absolute atomic E-state index is 12.9. The highest BCUT2D eigenvalue weighted by Crippen LogP contribution is 2.30. The number of amides is 1. The average molecular weight is 419 g/mol. The number of anilines is 1. The molecule has 0 radical (unpaired) electrons. The van der Waals surface area contributed by atoms with Crippen LogP contribution >= 0.6 is 34.5 Å². The molecule has 0 atom stereocenters. The van der Waals surface area contributed by atoms with Crippen LogP contribution in [0.4, 0.5) is 5.69 Å². The van der Waals surface area contributed by atoms with Gasteiger partial charge in [-0.05, 0) is 42.5 Å². The molecule has 0 unspecified atom stereocenters. The zero-order chi connectivity index (χ0) is 18.0. The van der Waals surface area contributed by atoms with Gasteiger partial charge in [0.1, 0.15) is 9.77 Å². The first-order valence-corrected chi connectivity index (χ1v) is 10.8. The molecule has 0 aliphatic carbocycles. The number of benzene rings is 1. The van der Waals surface area contributed by atoms with Crippen LogP contribution in [-0.2, 0) is 10.0 Å². The topological polar surface area (TPSA) is 66.5 Å². The van der Waals surface area contributed by atoms with Crippen molar-refractivity contribution in [1.82, 2.24) is 4.31 Å². The Labute approximate surface area is 160 Å². The Morgan fingerprint density at radius 2 is 1.84 bits per heavy atom. The molecule has 0 spiro atoms. The molecule has 1 aliphatic rings. The smallest absolute Gasteiger partial charge is 0.267 e. The number of rotatable bonds is 4. The largest absolute Gasteiger partial charge is 0.320 e. The number of sulfonamides is 1. The summed E-state index contributed by atoms with van der Waals surface area (Å²) in [7, 11) is -3.68. The van der Waals surface area contributed by atoms with Gasteiger partial charge in [-0.1, -0.05) is 29.6 Å². The first kappa shape index (κ1) is 18.7. The summed E-state index contributed by atoms with van der Waals surface area (Å²) >= 11 is 13.1. The zero-order valence-electron chi connectivity index (χ0n) is 13.2. The number of halogens is 2. The van der Waals surface area contributed by atoms with Gasteiger partial charge < -0.3 is 5.32 Å². The van der Waals surface area contributed by atoms with Gasteiger partial charge in [0.05, 0.1) is 10.7 Å². The van der Waals surface area contributed by atoms with Crippen LogP contribution < -0.4 is 5.32 Å². The SMILES string of the molecule is O=C(Nc1cc(Cl)ccc1Cl)c1sccc1S(=O)(=O)N1CCCCC1. The van der Waals surface area contributed by atoms with Crippen molar-refractivity contribution in [3.05, 3.63) is 44.6 Å². The molecule has 9 heteroatoms. The number of nitrogens with zero attached hydrogens (tertiary/aromatic N) is 1. The Morgan fingerprint density at radius 1 is 1.12 bits per heavy atom. The van der Waals surface area contributed by atoms with Gasteiger partial charge in [0.2, 0.25) is 10.0 Å². The minimum absolute atomic E-state index is 0.0371. The quantitative estimate of drug-likeness (QED) is 0.795. The van der Waals surface area contributed by atoms with Crippen molar-refractivity contribution in [2.24, 2.45) is 0 Å². The molecule has 1 aromatic carbocycles. The van der Waals surface area contributed by atoms with Crippen molar-refractivity contribution in [3.8, 4) is 0 Å². The van der Waals surface area contributed by atoms with E-state index in [2.05, 4.69) is 5.32 Å². The maximum atomic E-state index is 12.9. The van der Waals surface area contributed by atoms with Crippen LogP contribution in [0.2, 0.25) is 10.0 Å². The molecule has 1 aromatic heterocycles. The molecule has 2 heterocycles. The lowest BCUT2D eigenvalue weighted by molar-refractivity contribution is 0.102. The van der Waals surface area contributed by atoms with E-state index in [1.165, 1.54) is 16.4 Å². The second-order valence-corrected chi connectivity index (χ2v) is 9.32. The molecule has 0 bridgehead atoms. The molecule has 1 fully saturated rings. The third-order valence-electron chi connectivity index (χ3n) is 3.94. The van der Waals surface area contributed by atoms with Gasteiger partial charge in [-0.25, -0.2) is 8.42 Å². The standard InChI is InChI=1S/C16H16Cl2N2O3S2/c17-11-4-5-12(18)13(10-11)19-16(21)15-14(6-9-24-15)25(22,23)20-7-2-1-3-8-20/h4-6,9-10H,1-3,7-8H2,(H,19,21). The molecule has 1 aliphatic heterocycles. The molecule has 1 saturated heterocycles. The zero-order valence-corrected chi connectivity index (χ0v) is 16.3. The number of piperidine rings is 1. The van der Waals surface area contributed by atoms with Crippen LogP contribution in [0.5, 0.6) is 0 Å². The Morgan fingerprint density at radius 3 is 2.56 bits per heavy atom. The third kappa shape index (κ3) is 4.01. The van der Waals surface area contributed by atoms with E-state index in [0.717, 1.165) is 30.6 Å². The van der Waals surface area contributed by atoms with Crippen LogP contribution in [0.15, 0.2) is 34.5 Å². The van der Waals surface area contributed by atoms with Gasteiger partial charge in [-0.3, -0.25) is 4.79 Å². The average Bonchev–Trinajstić information content (AvgIpc) is 3.09. The predicted octanol–water partition coefficient (Wildman–Crippen LogP) is 4.48. The predicted molar refractivity (Wildman–Crippen MR) is 101 cm³/mol. The minimum atomic E-state index is -3.68. The second-order valence-electron chi connectivity index (χ2n) is 5.66. The van der Waals surface area contributed by atoms with E-state index in [9.17, 15) is 13.2 Å². The number of nitrogens with one attached hydrogen (secondary N) is 1. The van der Waals surface area contributed by atoms with Crippen molar-refractivity contribution < 1.29 is 13.2 Å². The molecule has 5 nitrogen and oxygen atoms in total. The molecule has 1 N–H and O–H groups in total. The molecular formula is C16H16Cl2N2O3S2. The third-order valence-corrected chi connectivity index (χ3v) is 7.49. The van der Waals surface area contributed by atoms with Crippen LogP contribution in [0.1, 0.15) is 28.9 Å². The van der Waals surface area contributed by atoms with Gasteiger partial charge in [0.25, 0.3) is 5.91 Å². The summed E-state index contributed by atoms with van der Waals surface area (Å²) in [6.45, 7) is 0.971. The van der Waals surface area contributed by atoms with Crippen molar-refractivity contribution in [2.75, 3.05) is 18.4 Å². The van der Waals surface area contributed by atoms with E-state index >= 15 is 0 Å². The summed E-state index contributed by atoms with van der Waals surface area (Å²) in [5, 5.41) is 5.00. The fraction of sp³-hybridized carbons (Fsp3) is 0.312. The monoisotopic (exact) mass is 418 g/mol. The summed E-state index contributed by atoms with van der Waals surface area (Å²) in [5.74, 6) is -0.519. The van der Waals surface area contributed by atoms with Gasteiger partial charge in [-0.15, -0.1) is 11.3 Å². The van der Waals surface area contributed by atoms with E-state index < -0.39 is 15.9 Å². The summed E-state index contributed by atoms with van der Waals surface area (Å²) < 4.78 is 27.2. The second kappa shape index (κ2) is 7.63. The summed E-state index contributed by atoms with van der Waals surface area (Å²) in [6, 6.07) is 6.17. The number of thiophene rings is 1. The first-order valence-electron chi connectivity index (χ1n) is 7.73. The lowest BCUT2D eigenvalue weighted by Crippen LogP contribution is -2.36. The number of hydrogen-bond donors (Lipinski definition) is 1. The highest BCUT2D eigenvalue weighted by Gasteiger charge is 2.31. The van der Waals surface area contributed by atoms with Crippen molar-refractivity contribution in [2.45, 2.75) is 24.2 Å². The van der Waals surface area contributed by atoms with Gasteiger partial charge >= 0.3 is 0 Å². The van der Waals surface area contributed by atoms with Crippen molar-refractivity contribution in [3.63, 3.8) is 0 Å². The molecule has 1 amide bonds. The van der Waals surface area contributed by atoms with Gasteiger partial charge in [0, 0.05) is 18.1 Å². The molecule has 0 saturated carbocycles. The number of carbonyl (C=O) groups is 1. The maximum Gasteiger partial charge on any atom is 0.267 e. The van der Waals surface area contributed by atoms with E-state index in [1.807, 2.05) is 0 Å². The Hall–Kier alpha value is -1.12. The summed E-state index contributed by atoms with van der Waals surface area (Å²) in [5.41, 5.74) is 0.342. The van der Waals surface area contributed by atoms with Crippen LogP contribution in [-0.4, -0.2) is 31.7 Å². The van der Waals surface area contributed by atoms with E-state index in [1.54, 1.807) is 17.5 Å². The summed E-state index contributed by atoms with van der Waals surface area (Å²) in [4.78, 5) is 12.8. The molecular weight excluding hydrogens is 403 g/mol. The van der Waals surface area contributed by atoms with Crippen LogP contribution in [0, 0.1) is 0 Å². The number of carbonyl (C=O) groups excluding carboxylic acids is 1. The minimum Gasteiger partial charge on any atom is -0.320 e. The van der Waals surface area contributed by atoms with E-state index in [4.69, 9.17) is 23.2 Å². The van der Waals surface area contributed by atoms with E-state index in [0.29, 0.717) is 28.8 Å². The molecule has 3 rings (SSSR count). The Kier molecular flexibility index (Phi) is 5.70. The highest BCUT2D eigenvalue weighted by molar-refractivity contribution is 7.89. The molecule has 134 valence electrons. The fourth-order valence-corrected chi connectivity index (χ4v) is 5.83. The van der Waals surface area contributed by atoms with Crippen LogP contribution in [0.3, 0.4) is 0 Å². The van der Waals surface area contributed by atoms with Gasteiger partial charge in [0.15, 0.2) is 0 Å². The lowest BCUT2D eigenvalue weighted by atomic mass is 10.2. The molecule has 2 aromatic rings. The normalized spacial score (nSPS) is 15.9. The Balaban J connectivity index is 1.88. The van der Waals surface area contributed by atoms with Crippen molar-refractivity contribution >= 4 is 56.2 Å². The van der Waals surface area contributed by atoms with Gasteiger partial charge in [-0.2, -0.15) is 4.31 Å². The lowest BCUT2D eigenvalue weighted by Gasteiger charge is -2.25. The van der Waals surface area contributed by atoms with Crippen LogP contribution in [0.25, 0.3) is 0 Å². The Bertz CT molecular complexity index is 891. The summed E-state index contributed by atoms with van der Waals surface area (Å²) in [6.07, 6.45) is 2.70. The number of hydrogen-bond acceptors (Lipinski definition) is 4. The van der Waals surface area contributed by atoms with Crippen molar-refractivity contribution in [1.29, 1.82) is 0 Å². The fourth-order valence-electron chi connectivity index (χ4n) is 2.68. The first-order chi connectivity index (χ1) is 11.9. The molecule has 25 heavy (non-hydrogen) atoms. The van der Waals surface area contributed by atoms with E-state index in [-0.39, 0.29) is 9.77 Å².